The molecule has 0 spiro atoms. The van der Waals surface area contributed by atoms with Crippen molar-refractivity contribution in [3.05, 3.63) is 54.8 Å². The molecule has 0 bridgehead atoms. The Balaban J connectivity index is 2.41. The first kappa shape index (κ1) is 14.9. The summed E-state index contributed by atoms with van der Waals surface area (Å²) in [5, 5.41) is 0.770. The molecule has 2 aromatic rings. The molecule has 0 unspecified atom stereocenters. The first-order valence-electron chi connectivity index (χ1n) is 5.66. The molecule has 0 aliphatic carbocycles. The minimum atomic E-state index is -0.358. The van der Waals surface area contributed by atoms with Gasteiger partial charge in [0.1, 0.15) is 16.8 Å². The lowest BCUT2D eigenvalue weighted by molar-refractivity contribution is 0.612. The van der Waals surface area contributed by atoms with E-state index in [1.807, 2.05) is 6.92 Å². The first-order chi connectivity index (χ1) is 9.02. The molecule has 0 radical (unpaired) electrons. The van der Waals surface area contributed by atoms with Crippen LogP contribution >= 0.6 is 45.8 Å². The smallest absolute Gasteiger partial charge is 0.146 e. The summed E-state index contributed by atoms with van der Waals surface area (Å²) in [7, 11) is 0. The summed E-state index contributed by atoms with van der Waals surface area (Å²) in [5.74, 6) is 0.123. The molecule has 1 aromatic heterocycles. The van der Waals surface area contributed by atoms with Gasteiger partial charge in [-0.15, -0.1) is 0 Å². The number of benzene rings is 1. The molecule has 2 nitrogen and oxygen atoms in total. The Labute approximate surface area is 134 Å². The van der Waals surface area contributed by atoms with Crippen LogP contribution in [0.2, 0.25) is 10.2 Å². The molecule has 6 heteroatoms. The van der Waals surface area contributed by atoms with Crippen LogP contribution in [-0.2, 0) is 12.8 Å². The van der Waals surface area contributed by atoms with Crippen LogP contribution in [0.5, 0.6) is 0 Å². The fourth-order valence-corrected chi connectivity index (χ4v) is 2.74. The second-order valence-corrected chi connectivity index (χ2v) is 5.77. The van der Waals surface area contributed by atoms with Crippen LogP contribution in [0.25, 0.3) is 0 Å². The molecule has 0 saturated carbocycles. The van der Waals surface area contributed by atoms with Gasteiger partial charge in [0.2, 0.25) is 0 Å². The van der Waals surface area contributed by atoms with Crippen molar-refractivity contribution in [3.63, 3.8) is 0 Å². The molecule has 2 rings (SSSR count). The molecule has 0 aliphatic rings. The Kier molecular flexibility index (Phi) is 4.97. The molecule has 0 amide bonds. The Morgan fingerprint density at radius 2 is 2.00 bits per heavy atom. The van der Waals surface area contributed by atoms with E-state index in [1.54, 1.807) is 12.1 Å². The SMILES string of the molecule is CCc1nc(Cc2c(F)cccc2Cl)nc(Cl)c1I. The molecule has 19 heavy (non-hydrogen) atoms. The molecular weight excluding hydrogens is 401 g/mol. The number of hydrogen-bond acceptors (Lipinski definition) is 2. The van der Waals surface area contributed by atoms with Crippen molar-refractivity contribution >= 4 is 45.8 Å². The number of halogens is 4. The lowest BCUT2D eigenvalue weighted by Gasteiger charge is -2.08. The van der Waals surface area contributed by atoms with Crippen LogP contribution in [-0.4, -0.2) is 9.97 Å². The van der Waals surface area contributed by atoms with E-state index in [4.69, 9.17) is 23.2 Å². The summed E-state index contributed by atoms with van der Waals surface area (Å²) in [4.78, 5) is 8.58. The second-order valence-electron chi connectivity index (χ2n) is 3.92. The topological polar surface area (TPSA) is 25.8 Å². The van der Waals surface area contributed by atoms with E-state index in [9.17, 15) is 4.39 Å². The average Bonchev–Trinajstić information content (AvgIpc) is 2.38. The summed E-state index contributed by atoms with van der Waals surface area (Å²) < 4.78 is 14.6. The molecule has 0 atom stereocenters. The first-order valence-corrected chi connectivity index (χ1v) is 7.50. The van der Waals surface area contributed by atoms with Gasteiger partial charge in [-0.25, -0.2) is 14.4 Å². The number of aromatic nitrogens is 2. The number of hydrogen-bond donors (Lipinski definition) is 0. The molecule has 100 valence electrons. The Bertz CT molecular complexity index is 600. The summed E-state index contributed by atoms with van der Waals surface area (Å²) in [6.45, 7) is 1.99. The molecule has 0 aliphatic heterocycles. The summed E-state index contributed by atoms with van der Waals surface area (Å²) >= 11 is 14.2. The molecule has 0 fully saturated rings. The highest BCUT2D eigenvalue weighted by atomic mass is 127. The summed E-state index contributed by atoms with van der Waals surface area (Å²) in [5.41, 5.74) is 1.26. The average molecular weight is 411 g/mol. The highest BCUT2D eigenvalue weighted by Gasteiger charge is 2.13. The van der Waals surface area contributed by atoms with Crippen LogP contribution in [0, 0.1) is 9.39 Å². The van der Waals surface area contributed by atoms with Crippen molar-refractivity contribution < 1.29 is 4.39 Å². The van der Waals surface area contributed by atoms with Crippen LogP contribution in [0.15, 0.2) is 18.2 Å². The Morgan fingerprint density at radius 3 is 2.63 bits per heavy atom. The van der Waals surface area contributed by atoms with Gasteiger partial charge in [-0.3, -0.25) is 0 Å². The van der Waals surface area contributed by atoms with Crippen molar-refractivity contribution in [2.24, 2.45) is 0 Å². The summed E-state index contributed by atoms with van der Waals surface area (Å²) in [6, 6.07) is 4.59. The van der Waals surface area contributed by atoms with Crippen molar-refractivity contribution in [2.45, 2.75) is 19.8 Å². The Morgan fingerprint density at radius 1 is 1.26 bits per heavy atom. The van der Waals surface area contributed by atoms with E-state index in [-0.39, 0.29) is 12.2 Å². The highest BCUT2D eigenvalue weighted by molar-refractivity contribution is 14.1. The second kappa shape index (κ2) is 6.33. The van der Waals surface area contributed by atoms with Gasteiger partial charge in [0.05, 0.1) is 9.26 Å². The van der Waals surface area contributed by atoms with Crippen LogP contribution in [0.3, 0.4) is 0 Å². The van der Waals surface area contributed by atoms with Crippen LogP contribution < -0.4 is 0 Å². The standard InChI is InChI=1S/C13H10Cl2FIN2/c1-2-10-12(17)13(15)19-11(18-10)6-7-8(14)4-3-5-9(7)16/h3-5H,2,6H2,1H3. The number of nitrogens with zero attached hydrogens (tertiary/aromatic N) is 2. The van der Waals surface area contributed by atoms with Gasteiger partial charge in [-0.1, -0.05) is 36.2 Å². The van der Waals surface area contributed by atoms with E-state index in [0.717, 1.165) is 15.7 Å². The van der Waals surface area contributed by atoms with E-state index in [1.165, 1.54) is 6.07 Å². The van der Waals surface area contributed by atoms with Gasteiger partial charge in [-0.05, 0) is 41.1 Å². The van der Waals surface area contributed by atoms with E-state index in [0.29, 0.717) is 21.6 Å². The fraction of sp³-hybridized carbons (Fsp3) is 0.231. The maximum absolute atomic E-state index is 13.7. The van der Waals surface area contributed by atoms with E-state index >= 15 is 0 Å². The van der Waals surface area contributed by atoms with Gasteiger partial charge in [0.15, 0.2) is 0 Å². The van der Waals surface area contributed by atoms with Crippen molar-refractivity contribution in [3.8, 4) is 0 Å². The van der Waals surface area contributed by atoms with E-state index < -0.39 is 0 Å². The van der Waals surface area contributed by atoms with Crippen molar-refractivity contribution in [1.29, 1.82) is 0 Å². The van der Waals surface area contributed by atoms with Crippen LogP contribution in [0.1, 0.15) is 24.0 Å². The van der Waals surface area contributed by atoms with Crippen molar-refractivity contribution in [2.75, 3.05) is 0 Å². The maximum atomic E-state index is 13.7. The van der Waals surface area contributed by atoms with Crippen molar-refractivity contribution in [1.82, 2.24) is 9.97 Å². The minimum absolute atomic E-state index is 0.231. The lowest BCUT2D eigenvalue weighted by Crippen LogP contribution is -2.05. The zero-order valence-electron chi connectivity index (χ0n) is 10.1. The van der Waals surface area contributed by atoms with Gasteiger partial charge >= 0.3 is 0 Å². The van der Waals surface area contributed by atoms with Gasteiger partial charge in [0, 0.05) is 17.0 Å². The van der Waals surface area contributed by atoms with Gasteiger partial charge in [0.25, 0.3) is 0 Å². The minimum Gasteiger partial charge on any atom is -0.236 e. The Hall–Kier alpha value is -0.460. The zero-order chi connectivity index (χ0) is 14.0. The maximum Gasteiger partial charge on any atom is 0.146 e. The lowest BCUT2D eigenvalue weighted by atomic mass is 10.1. The summed E-state index contributed by atoms with van der Waals surface area (Å²) in [6.07, 6.45) is 0.980. The molecule has 1 heterocycles. The predicted molar refractivity (Wildman–Crippen MR) is 83.4 cm³/mol. The molecule has 0 saturated heterocycles. The quantitative estimate of drug-likeness (QED) is 0.542. The third-order valence-corrected chi connectivity index (χ3v) is 4.74. The molecule has 1 aromatic carbocycles. The normalized spacial score (nSPS) is 10.8. The van der Waals surface area contributed by atoms with Gasteiger partial charge < -0.3 is 0 Å². The van der Waals surface area contributed by atoms with Crippen LogP contribution in [0.4, 0.5) is 4.39 Å². The van der Waals surface area contributed by atoms with Gasteiger partial charge in [-0.2, -0.15) is 0 Å². The predicted octanol–water partition coefficient (Wildman–Crippen LogP) is 4.68. The number of aryl methyl sites for hydroxylation is 1. The van der Waals surface area contributed by atoms with E-state index in [2.05, 4.69) is 32.6 Å². The number of rotatable bonds is 3. The third-order valence-electron chi connectivity index (χ3n) is 2.66. The highest BCUT2D eigenvalue weighted by Crippen LogP contribution is 2.24. The molecule has 0 N–H and O–H groups in total. The third kappa shape index (κ3) is 3.35. The zero-order valence-corrected chi connectivity index (χ0v) is 13.7. The molecular formula is C13H10Cl2FIN2. The monoisotopic (exact) mass is 410 g/mol. The largest absolute Gasteiger partial charge is 0.236 e. The fourth-order valence-electron chi connectivity index (χ4n) is 1.68.